The van der Waals surface area contributed by atoms with E-state index >= 15 is 0 Å². The van der Waals surface area contributed by atoms with Crippen LogP contribution in [-0.2, 0) is 4.57 Å². The Balaban J connectivity index is 4.09. The summed E-state index contributed by atoms with van der Waals surface area (Å²) in [5.41, 5.74) is 0. The van der Waals surface area contributed by atoms with Crippen LogP contribution in [0.25, 0.3) is 0 Å². The lowest BCUT2D eigenvalue weighted by molar-refractivity contribution is 0.258. The van der Waals surface area contributed by atoms with Crippen LogP contribution < -0.4 is 0 Å². The monoisotopic (exact) mass is 178 g/mol. The Labute approximate surface area is 69.3 Å². The minimum Gasteiger partial charge on any atom is -0.258 e. The molecular weight excluding hydrogens is 161 g/mol. The number of hydrogen-bond acceptors (Lipinski definition) is 2. The van der Waals surface area contributed by atoms with E-state index in [4.69, 9.17) is 4.89 Å². The van der Waals surface area contributed by atoms with Crippen molar-refractivity contribution in [1.29, 1.82) is 0 Å². The molecule has 0 fully saturated rings. The highest BCUT2D eigenvalue weighted by Crippen LogP contribution is 2.27. The predicted molar refractivity (Wildman–Crippen MR) is 46.8 cm³/mol. The lowest BCUT2D eigenvalue weighted by Crippen LogP contribution is -2.31. The molecule has 0 rings (SSSR count). The summed E-state index contributed by atoms with van der Waals surface area (Å²) < 4.78 is 10.8. The van der Waals surface area contributed by atoms with E-state index in [1.54, 1.807) is 0 Å². The Morgan fingerprint density at radius 3 is 1.91 bits per heavy atom. The first-order valence-electron chi connectivity index (χ1n) is 4.06. The third-order valence-electron chi connectivity index (χ3n) is 1.85. The van der Waals surface area contributed by atoms with E-state index < -0.39 is 8.03 Å². The van der Waals surface area contributed by atoms with Gasteiger partial charge in [-0.3, -0.25) is 4.90 Å². The molecule has 11 heavy (non-hydrogen) atoms. The van der Waals surface area contributed by atoms with Crippen molar-refractivity contribution in [2.75, 3.05) is 13.1 Å². The minimum atomic E-state index is -2.04. The number of hydrogen-bond donors (Lipinski definition) is 1. The van der Waals surface area contributed by atoms with E-state index in [0.717, 1.165) is 19.5 Å². The van der Waals surface area contributed by atoms with Crippen molar-refractivity contribution in [3.63, 3.8) is 0 Å². The molecule has 0 saturated heterocycles. The zero-order chi connectivity index (χ0) is 8.85. The zero-order valence-corrected chi connectivity index (χ0v) is 8.34. The molecule has 3 nitrogen and oxygen atoms in total. The van der Waals surface area contributed by atoms with E-state index in [9.17, 15) is 4.57 Å². The highest BCUT2D eigenvalue weighted by molar-refractivity contribution is 7.38. The summed E-state index contributed by atoms with van der Waals surface area (Å²) in [6, 6.07) is 0. The average Bonchev–Trinajstić information content (AvgIpc) is 1.99. The van der Waals surface area contributed by atoms with Crippen LogP contribution in [0, 0.1) is 0 Å². The molecule has 0 radical (unpaired) electrons. The van der Waals surface area contributed by atoms with Gasteiger partial charge in [0.1, 0.15) is 0 Å². The molecule has 66 valence electrons. The topological polar surface area (TPSA) is 40.5 Å². The first-order valence-corrected chi connectivity index (χ1v) is 5.34. The molecule has 0 heterocycles. The second-order valence-electron chi connectivity index (χ2n) is 2.41. The van der Waals surface area contributed by atoms with E-state index in [1.165, 1.54) is 0 Å². The summed E-state index contributed by atoms with van der Waals surface area (Å²) in [6.07, 6.45) is 0.743. The van der Waals surface area contributed by atoms with Crippen molar-refractivity contribution in [2.24, 2.45) is 0 Å². The molecule has 0 aromatic heterocycles. The maximum atomic E-state index is 10.8. The lowest BCUT2D eigenvalue weighted by Gasteiger charge is -2.18. The second-order valence-corrected chi connectivity index (χ2v) is 3.61. The maximum Gasteiger partial charge on any atom is 0.524 e. The molecule has 0 bridgehead atoms. The van der Waals surface area contributed by atoms with Gasteiger partial charge in [0, 0.05) is 6.42 Å². The molecule has 0 aromatic carbocycles. The molecule has 0 aliphatic rings. The van der Waals surface area contributed by atoms with Crippen LogP contribution in [0.2, 0.25) is 0 Å². The molecule has 1 N–H and O–H groups in total. The molecule has 0 aliphatic carbocycles. The van der Waals surface area contributed by atoms with E-state index in [-0.39, 0.29) is 5.78 Å². The van der Waals surface area contributed by atoms with Crippen molar-refractivity contribution in [3.8, 4) is 0 Å². The van der Waals surface area contributed by atoms with Gasteiger partial charge < -0.3 is 0 Å². The molecule has 0 aromatic rings. The summed E-state index contributed by atoms with van der Waals surface area (Å²) in [5, 5.41) is 0. The fourth-order valence-corrected chi connectivity index (χ4v) is 2.12. The SMILES string of the molecule is CCC(N(CC)CC)[P+](=O)O. The van der Waals surface area contributed by atoms with Gasteiger partial charge >= 0.3 is 8.03 Å². The van der Waals surface area contributed by atoms with Crippen LogP contribution in [0.5, 0.6) is 0 Å². The molecule has 0 aliphatic heterocycles. The summed E-state index contributed by atoms with van der Waals surface area (Å²) >= 11 is 0. The van der Waals surface area contributed by atoms with Crippen LogP contribution in [-0.4, -0.2) is 28.7 Å². The van der Waals surface area contributed by atoms with E-state index in [2.05, 4.69) is 0 Å². The minimum absolute atomic E-state index is 0.153. The van der Waals surface area contributed by atoms with Crippen LogP contribution >= 0.6 is 8.03 Å². The molecule has 2 unspecified atom stereocenters. The molecule has 0 saturated carbocycles. The molecule has 0 amide bonds. The van der Waals surface area contributed by atoms with Gasteiger partial charge in [0.05, 0.1) is 0 Å². The number of rotatable bonds is 5. The fourth-order valence-electron chi connectivity index (χ4n) is 1.20. The average molecular weight is 178 g/mol. The summed E-state index contributed by atoms with van der Waals surface area (Å²) in [6.45, 7) is 7.63. The normalized spacial score (nSPS) is 15.2. The van der Waals surface area contributed by atoms with Gasteiger partial charge in [0.15, 0.2) is 0 Å². The highest BCUT2D eigenvalue weighted by atomic mass is 31.1. The Hall–Kier alpha value is 0.0200. The summed E-state index contributed by atoms with van der Waals surface area (Å²) in [7, 11) is -2.04. The lowest BCUT2D eigenvalue weighted by atomic mass is 10.4. The fraction of sp³-hybridized carbons (Fsp3) is 1.00. The van der Waals surface area contributed by atoms with Crippen LogP contribution in [0.1, 0.15) is 27.2 Å². The Kier molecular flexibility index (Phi) is 5.65. The molecular formula is C7H17NO2P+. The molecule has 4 heteroatoms. The standard InChI is InChI=1S/C7H16NO2P/c1-4-7(11(9)10)8(5-2)6-3/h7H,4-6H2,1-3H3/p+1. The third kappa shape index (κ3) is 3.28. The Morgan fingerprint density at radius 1 is 1.36 bits per heavy atom. The molecule has 0 spiro atoms. The van der Waals surface area contributed by atoms with Crippen molar-refractivity contribution in [3.05, 3.63) is 0 Å². The first-order chi connectivity index (χ1) is 5.17. The predicted octanol–water partition coefficient (Wildman–Crippen LogP) is 1.80. The van der Waals surface area contributed by atoms with Crippen molar-refractivity contribution >= 4 is 8.03 Å². The van der Waals surface area contributed by atoms with Gasteiger partial charge in [-0.05, 0) is 17.7 Å². The van der Waals surface area contributed by atoms with Gasteiger partial charge in [0.25, 0.3) is 0 Å². The number of nitrogens with zero attached hydrogens (tertiary/aromatic N) is 1. The van der Waals surface area contributed by atoms with Gasteiger partial charge in [0.2, 0.25) is 5.78 Å². The van der Waals surface area contributed by atoms with E-state index in [0.29, 0.717) is 0 Å². The smallest absolute Gasteiger partial charge is 0.258 e. The van der Waals surface area contributed by atoms with Crippen molar-refractivity contribution in [2.45, 2.75) is 33.0 Å². The van der Waals surface area contributed by atoms with Gasteiger partial charge in [-0.25, -0.2) is 0 Å². The quantitative estimate of drug-likeness (QED) is 0.652. The first kappa shape index (κ1) is 11.0. The van der Waals surface area contributed by atoms with E-state index in [1.807, 2.05) is 25.7 Å². The van der Waals surface area contributed by atoms with Gasteiger partial charge in [-0.2, -0.15) is 4.89 Å². The van der Waals surface area contributed by atoms with Crippen LogP contribution in [0.15, 0.2) is 0 Å². The summed E-state index contributed by atoms with van der Waals surface area (Å²) in [5.74, 6) is -0.153. The Bertz CT molecular complexity index is 126. The largest absolute Gasteiger partial charge is 0.524 e. The van der Waals surface area contributed by atoms with Crippen LogP contribution in [0.4, 0.5) is 0 Å². The highest BCUT2D eigenvalue weighted by Gasteiger charge is 2.31. The maximum absolute atomic E-state index is 10.8. The van der Waals surface area contributed by atoms with Crippen molar-refractivity contribution in [1.82, 2.24) is 4.90 Å². The van der Waals surface area contributed by atoms with Crippen molar-refractivity contribution < 1.29 is 9.46 Å². The van der Waals surface area contributed by atoms with Gasteiger partial charge in [-0.1, -0.05) is 20.8 Å². The molecule has 2 atom stereocenters. The zero-order valence-electron chi connectivity index (χ0n) is 7.45. The second kappa shape index (κ2) is 5.64. The summed E-state index contributed by atoms with van der Waals surface area (Å²) in [4.78, 5) is 10.9. The van der Waals surface area contributed by atoms with Crippen LogP contribution in [0.3, 0.4) is 0 Å². The Morgan fingerprint density at radius 2 is 1.82 bits per heavy atom. The third-order valence-corrected chi connectivity index (χ3v) is 3.06. The van der Waals surface area contributed by atoms with Gasteiger partial charge in [-0.15, -0.1) is 0 Å².